The molecule has 0 atom stereocenters. The zero-order valence-electron chi connectivity index (χ0n) is 10.7. The number of rotatable bonds is 7. The fraction of sp³-hybridized carbons (Fsp3) is 0.818. The van der Waals surface area contributed by atoms with E-state index < -0.39 is 0 Å². The molecule has 0 bridgehead atoms. The molecule has 94 valence electrons. The third-order valence-corrected chi connectivity index (χ3v) is 2.12. The number of carbonyl (C=O) groups excluding carboxylic acids is 2. The third-order valence-electron chi connectivity index (χ3n) is 2.12. The Morgan fingerprint density at radius 3 is 2.38 bits per heavy atom. The monoisotopic (exact) mass is 229 g/mol. The Morgan fingerprint density at radius 2 is 1.94 bits per heavy atom. The SMILES string of the molecule is CCCN(CC(=O)NC)C(=O)CNC(C)C. The number of hydrogen-bond donors (Lipinski definition) is 2. The topological polar surface area (TPSA) is 61.4 Å². The van der Waals surface area contributed by atoms with Gasteiger partial charge in [0.1, 0.15) is 0 Å². The molecule has 0 rings (SSSR count). The highest BCUT2D eigenvalue weighted by Gasteiger charge is 2.15. The maximum absolute atomic E-state index is 11.8. The van der Waals surface area contributed by atoms with Crippen LogP contribution in [0.15, 0.2) is 0 Å². The van der Waals surface area contributed by atoms with Gasteiger partial charge in [0.15, 0.2) is 0 Å². The second-order valence-corrected chi connectivity index (χ2v) is 4.02. The smallest absolute Gasteiger partial charge is 0.239 e. The summed E-state index contributed by atoms with van der Waals surface area (Å²) in [6, 6.07) is 0.271. The van der Waals surface area contributed by atoms with Gasteiger partial charge < -0.3 is 15.5 Å². The zero-order chi connectivity index (χ0) is 12.6. The normalized spacial score (nSPS) is 10.3. The zero-order valence-corrected chi connectivity index (χ0v) is 10.7. The lowest BCUT2D eigenvalue weighted by Crippen LogP contribution is -2.44. The highest BCUT2D eigenvalue weighted by molar-refractivity contribution is 5.85. The van der Waals surface area contributed by atoms with Gasteiger partial charge in [-0.2, -0.15) is 0 Å². The van der Waals surface area contributed by atoms with Gasteiger partial charge in [-0.15, -0.1) is 0 Å². The van der Waals surface area contributed by atoms with Gasteiger partial charge in [-0.3, -0.25) is 9.59 Å². The molecule has 5 heteroatoms. The van der Waals surface area contributed by atoms with Gasteiger partial charge in [-0.25, -0.2) is 0 Å². The summed E-state index contributed by atoms with van der Waals surface area (Å²) in [6.45, 7) is 7.00. The second-order valence-electron chi connectivity index (χ2n) is 4.02. The molecule has 5 nitrogen and oxygen atoms in total. The number of likely N-dealkylation sites (N-methyl/N-ethyl adjacent to an activating group) is 1. The van der Waals surface area contributed by atoms with Crippen LogP contribution in [0.25, 0.3) is 0 Å². The summed E-state index contributed by atoms with van der Waals surface area (Å²) in [5.41, 5.74) is 0. The Balaban J connectivity index is 4.17. The maximum Gasteiger partial charge on any atom is 0.239 e. The number of nitrogens with zero attached hydrogens (tertiary/aromatic N) is 1. The van der Waals surface area contributed by atoms with Crippen molar-refractivity contribution in [3.63, 3.8) is 0 Å². The second kappa shape index (κ2) is 8.10. The standard InChI is InChI=1S/C11H23N3O2/c1-5-6-14(8-10(15)12-4)11(16)7-13-9(2)3/h9,13H,5-8H2,1-4H3,(H,12,15). The molecular formula is C11H23N3O2. The number of hydrogen-bond acceptors (Lipinski definition) is 3. The summed E-state index contributed by atoms with van der Waals surface area (Å²) in [5.74, 6) is -0.162. The van der Waals surface area contributed by atoms with Crippen molar-refractivity contribution in [1.82, 2.24) is 15.5 Å². The number of carbonyl (C=O) groups is 2. The molecule has 0 spiro atoms. The summed E-state index contributed by atoms with van der Waals surface area (Å²) in [4.78, 5) is 24.6. The Bertz CT molecular complexity index is 229. The maximum atomic E-state index is 11.8. The Morgan fingerprint density at radius 1 is 1.31 bits per heavy atom. The van der Waals surface area contributed by atoms with Gasteiger partial charge in [0.05, 0.1) is 13.1 Å². The van der Waals surface area contributed by atoms with Gasteiger partial charge in [0, 0.05) is 19.6 Å². The van der Waals surface area contributed by atoms with E-state index >= 15 is 0 Å². The summed E-state index contributed by atoms with van der Waals surface area (Å²) >= 11 is 0. The van der Waals surface area contributed by atoms with Crippen molar-refractivity contribution in [2.24, 2.45) is 0 Å². The van der Waals surface area contributed by atoms with E-state index in [1.165, 1.54) is 0 Å². The largest absolute Gasteiger partial charge is 0.358 e. The molecule has 0 aliphatic carbocycles. The minimum absolute atomic E-state index is 0.0286. The van der Waals surface area contributed by atoms with E-state index in [2.05, 4.69) is 10.6 Å². The van der Waals surface area contributed by atoms with Gasteiger partial charge in [0.25, 0.3) is 0 Å². The van der Waals surface area contributed by atoms with E-state index in [-0.39, 0.29) is 30.9 Å². The van der Waals surface area contributed by atoms with Crippen molar-refractivity contribution in [2.45, 2.75) is 33.2 Å². The van der Waals surface area contributed by atoms with Crippen LogP contribution in [0.2, 0.25) is 0 Å². The molecule has 0 saturated carbocycles. The summed E-state index contributed by atoms with van der Waals surface area (Å²) in [6.07, 6.45) is 0.852. The van der Waals surface area contributed by atoms with Gasteiger partial charge in [-0.05, 0) is 6.42 Å². The van der Waals surface area contributed by atoms with Crippen LogP contribution < -0.4 is 10.6 Å². The molecule has 0 aliphatic heterocycles. The highest BCUT2D eigenvalue weighted by atomic mass is 16.2. The first kappa shape index (κ1) is 14.9. The Hall–Kier alpha value is -1.10. The van der Waals surface area contributed by atoms with Crippen molar-refractivity contribution in [2.75, 3.05) is 26.7 Å². The predicted octanol–water partition coefficient (Wildman–Crippen LogP) is -0.0310. The lowest BCUT2D eigenvalue weighted by atomic mass is 10.3. The Labute approximate surface area is 97.6 Å². The molecule has 0 aromatic heterocycles. The number of amides is 2. The molecule has 0 unspecified atom stereocenters. The van der Waals surface area contributed by atoms with Gasteiger partial charge >= 0.3 is 0 Å². The van der Waals surface area contributed by atoms with E-state index in [1.807, 2.05) is 20.8 Å². The van der Waals surface area contributed by atoms with Crippen LogP contribution in [0.5, 0.6) is 0 Å². The Kier molecular flexibility index (Phi) is 7.54. The fourth-order valence-corrected chi connectivity index (χ4v) is 1.22. The van der Waals surface area contributed by atoms with E-state index in [0.717, 1.165) is 6.42 Å². The van der Waals surface area contributed by atoms with Crippen LogP contribution in [-0.4, -0.2) is 49.4 Å². The summed E-state index contributed by atoms with van der Waals surface area (Å²) in [7, 11) is 1.57. The molecule has 0 heterocycles. The molecule has 2 amide bonds. The molecule has 0 aliphatic rings. The van der Waals surface area contributed by atoms with Crippen molar-refractivity contribution in [1.29, 1.82) is 0 Å². The lowest BCUT2D eigenvalue weighted by molar-refractivity contribution is -0.135. The minimum atomic E-state index is -0.133. The number of nitrogens with one attached hydrogen (secondary N) is 2. The molecule has 0 fully saturated rings. The van der Waals surface area contributed by atoms with E-state index in [0.29, 0.717) is 6.54 Å². The summed E-state index contributed by atoms with van der Waals surface area (Å²) < 4.78 is 0. The first-order chi connectivity index (χ1) is 7.51. The third kappa shape index (κ3) is 6.40. The van der Waals surface area contributed by atoms with E-state index in [4.69, 9.17) is 0 Å². The van der Waals surface area contributed by atoms with Crippen molar-refractivity contribution in [3.8, 4) is 0 Å². The minimum Gasteiger partial charge on any atom is -0.358 e. The average Bonchev–Trinajstić information content (AvgIpc) is 2.24. The molecule has 2 N–H and O–H groups in total. The fourth-order valence-electron chi connectivity index (χ4n) is 1.22. The molecule has 0 aromatic carbocycles. The van der Waals surface area contributed by atoms with Crippen LogP contribution in [-0.2, 0) is 9.59 Å². The summed E-state index contributed by atoms with van der Waals surface area (Å²) in [5, 5.41) is 5.57. The average molecular weight is 229 g/mol. The van der Waals surface area contributed by atoms with Crippen LogP contribution in [0.1, 0.15) is 27.2 Å². The molecule has 0 aromatic rings. The first-order valence-electron chi connectivity index (χ1n) is 5.73. The van der Waals surface area contributed by atoms with Crippen molar-refractivity contribution >= 4 is 11.8 Å². The van der Waals surface area contributed by atoms with Crippen LogP contribution >= 0.6 is 0 Å². The highest BCUT2D eigenvalue weighted by Crippen LogP contribution is 1.93. The van der Waals surface area contributed by atoms with Crippen molar-refractivity contribution < 1.29 is 9.59 Å². The molecule has 0 saturated heterocycles. The lowest BCUT2D eigenvalue weighted by Gasteiger charge is -2.22. The van der Waals surface area contributed by atoms with E-state index in [1.54, 1.807) is 11.9 Å². The van der Waals surface area contributed by atoms with Crippen molar-refractivity contribution in [3.05, 3.63) is 0 Å². The molecular weight excluding hydrogens is 206 g/mol. The quantitative estimate of drug-likeness (QED) is 0.644. The van der Waals surface area contributed by atoms with Gasteiger partial charge in [0.2, 0.25) is 11.8 Å². The van der Waals surface area contributed by atoms with Gasteiger partial charge in [-0.1, -0.05) is 20.8 Å². The first-order valence-corrected chi connectivity index (χ1v) is 5.73. The van der Waals surface area contributed by atoms with Crippen LogP contribution in [0, 0.1) is 0 Å². The predicted molar refractivity (Wildman–Crippen MR) is 64.1 cm³/mol. The van der Waals surface area contributed by atoms with Crippen LogP contribution in [0.3, 0.4) is 0 Å². The molecule has 0 radical (unpaired) electrons. The van der Waals surface area contributed by atoms with E-state index in [9.17, 15) is 9.59 Å². The molecule has 16 heavy (non-hydrogen) atoms. The van der Waals surface area contributed by atoms with Crippen LogP contribution in [0.4, 0.5) is 0 Å².